The Balaban J connectivity index is 0. The SMILES string of the molecule is CC(C)c1ccc(NN)cc1.Cl.O. The van der Waals surface area contributed by atoms with Crippen LogP contribution in [0, 0.1) is 0 Å². The van der Waals surface area contributed by atoms with E-state index in [1.165, 1.54) is 5.56 Å². The van der Waals surface area contributed by atoms with E-state index in [0.29, 0.717) is 5.92 Å². The van der Waals surface area contributed by atoms with Gasteiger partial charge in [-0.3, -0.25) is 5.84 Å². The standard InChI is InChI=1S/C9H14N2.ClH.H2O/c1-7(2)8-3-5-9(11-10)6-4-8;;/h3-7,11H,10H2,1-2H3;1H;1H2. The molecule has 13 heavy (non-hydrogen) atoms. The first-order valence-corrected chi connectivity index (χ1v) is 3.80. The monoisotopic (exact) mass is 204 g/mol. The number of nitrogens with one attached hydrogen (secondary N) is 1. The third kappa shape index (κ3) is 4.12. The zero-order valence-electron chi connectivity index (χ0n) is 7.87. The Morgan fingerprint density at radius 1 is 1.15 bits per heavy atom. The molecule has 0 radical (unpaired) electrons. The highest BCUT2D eigenvalue weighted by atomic mass is 35.5. The summed E-state index contributed by atoms with van der Waals surface area (Å²) in [6.45, 7) is 4.34. The number of nitrogens with two attached hydrogens (primary N) is 1. The van der Waals surface area contributed by atoms with Crippen LogP contribution < -0.4 is 11.3 Å². The van der Waals surface area contributed by atoms with E-state index in [-0.39, 0.29) is 17.9 Å². The molecule has 5 N–H and O–H groups in total. The molecule has 0 spiro atoms. The van der Waals surface area contributed by atoms with Crippen LogP contribution in [0.4, 0.5) is 5.69 Å². The van der Waals surface area contributed by atoms with Crippen molar-refractivity contribution >= 4 is 18.1 Å². The van der Waals surface area contributed by atoms with Crippen LogP contribution in [0.25, 0.3) is 0 Å². The van der Waals surface area contributed by atoms with E-state index in [1.54, 1.807) is 0 Å². The Bertz CT molecular complexity index is 224. The van der Waals surface area contributed by atoms with E-state index >= 15 is 0 Å². The zero-order chi connectivity index (χ0) is 8.27. The normalized spacial score (nSPS) is 8.62. The van der Waals surface area contributed by atoms with Crippen molar-refractivity contribution in [3.05, 3.63) is 29.8 Å². The summed E-state index contributed by atoms with van der Waals surface area (Å²) in [6.07, 6.45) is 0. The van der Waals surface area contributed by atoms with Crippen LogP contribution in [0.1, 0.15) is 25.3 Å². The van der Waals surface area contributed by atoms with Crippen molar-refractivity contribution in [2.24, 2.45) is 5.84 Å². The third-order valence-corrected chi connectivity index (χ3v) is 1.74. The van der Waals surface area contributed by atoms with E-state index < -0.39 is 0 Å². The first kappa shape index (κ1) is 14.7. The summed E-state index contributed by atoms with van der Waals surface area (Å²) in [7, 11) is 0. The van der Waals surface area contributed by atoms with Crippen LogP contribution in [0.3, 0.4) is 0 Å². The molecule has 0 aliphatic heterocycles. The predicted molar refractivity (Wildman–Crippen MR) is 59.2 cm³/mol. The van der Waals surface area contributed by atoms with Crippen LogP contribution in [0.2, 0.25) is 0 Å². The number of rotatable bonds is 2. The summed E-state index contributed by atoms with van der Waals surface area (Å²) in [5.74, 6) is 5.81. The van der Waals surface area contributed by atoms with Crippen LogP contribution in [0.5, 0.6) is 0 Å². The molecule has 0 saturated heterocycles. The first-order chi connectivity index (χ1) is 5.24. The molecule has 0 saturated carbocycles. The number of hydrogen-bond acceptors (Lipinski definition) is 2. The highest BCUT2D eigenvalue weighted by Gasteiger charge is 1.96. The van der Waals surface area contributed by atoms with E-state index in [0.717, 1.165) is 5.69 Å². The van der Waals surface area contributed by atoms with E-state index in [9.17, 15) is 0 Å². The molecule has 0 unspecified atom stereocenters. The molecule has 0 atom stereocenters. The van der Waals surface area contributed by atoms with Crippen molar-refractivity contribution in [1.82, 2.24) is 0 Å². The van der Waals surface area contributed by atoms with Crippen molar-refractivity contribution in [3.63, 3.8) is 0 Å². The van der Waals surface area contributed by atoms with Gasteiger partial charge < -0.3 is 10.9 Å². The van der Waals surface area contributed by atoms with Gasteiger partial charge in [0.05, 0.1) is 0 Å². The van der Waals surface area contributed by atoms with Crippen LogP contribution in [-0.4, -0.2) is 5.48 Å². The van der Waals surface area contributed by atoms with E-state index in [4.69, 9.17) is 5.84 Å². The number of halogens is 1. The lowest BCUT2D eigenvalue weighted by Crippen LogP contribution is -2.06. The van der Waals surface area contributed by atoms with Gasteiger partial charge >= 0.3 is 0 Å². The molecule has 76 valence electrons. The van der Waals surface area contributed by atoms with Crippen molar-refractivity contribution in [3.8, 4) is 0 Å². The molecule has 0 aromatic heterocycles. The molecule has 3 nitrogen and oxygen atoms in total. The van der Waals surface area contributed by atoms with Gasteiger partial charge in [-0.15, -0.1) is 12.4 Å². The Labute approximate surface area is 85.0 Å². The lowest BCUT2D eigenvalue weighted by Gasteiger charge is -2.05. The van der Waals surface area contributed by atoms with Gasteiger partial charge in [0.25, 0.3) is 0 Å². The molecule has 0 heterocycles. The van der Waals surface area contributed by atoms with E-state index in [1.807, 2.05) is 12.1 Å². The molecule has 0 aliphatic rings. The number of anilines is 1. The van der Waals surface area contributed by atoms with E-state index in [2.05, 4.69) is 31.4 Å². The molecule has 0 fully saturated rings. The maximum atomic E-state index is 5.23. The fourth-order valence-electron chi connectivity index (χ4n) is 0.964. The van der Waals surface area contributed by atoms with Crippen molar-refractivity contribution < 1.29 is 5.48 Å². The number of hydrazine groups is 1. The Morgan fingerprint density at radius 2 is 1.62 bits per heavy atom. The average Bonchev–Trinajstić information content (AvgIpc) is 2.05. The van der Waals surface area contributed by atoms with Crippen LogP contribution in [0.15, 0.2) is 24.3 Å². The molecule has 0 bridgehead atoms. The van der Waals surface area contributed by atoms with Gasteiger partial charge in [0.1, 0.15) is 0 Å². The Hall–Kier alpha value is -0.770. The summed E-state index contributed by atoms with van der Waals surface area (Å²) in [4.78, 5) is 0. The second-order valence-corrected chi connectivity index (χ2v) is 2.92. The van der Waals surface area contributed by atoms with Gasteiger partial charge in [0.15, 0.2) is 0 Å². The smallest absolute Gasteiger partial charge is 0.0485 e. The molecule has 1 aromatic carbocycles. The second-order valence-electron chi connectivity index (χ2n) is 2.92. The largest absolute Gasteiger partial charge is 0.412 e. The third-order valence-electron chi connectivity index (χ3n) is 1.74. The average molecular weight is 205 g/mol. The first-order valence-electron chi connectivity index (χ1n) is 3.80. The van der Waals surface area contributed by atoms with Crippen molar-refractivity contribution in [2.45, 2.75) is 19.8 Å². The van der Waals surface area contributed by atoms with Gasteiger partial charge in [-0.1, -0.05) is 26.0 Å². The summed E-state index contributed by atoms with van der Waals surface area (Å²) < 4.78 is 0. The molecule has 4 heteroatoms. The van der Waals surface area contributed by atoms with Gasteiger partial charge in [0.2, 0.25) is 0 Å². The highest BCUT2D eigenvalue weighted by molar-refractivity contribution is 5.85. The lowest BCUT2D eigenvalue weighted by atomic mass is 10.0. The summed E-state index contributed by atoms with van der Waals surface area (Å²) in [6, 6.07) is 8.13. The van der Waals surface area contributed by atoms with Gasteiger partial charge in [-0.25, -0.2) is 0 Å². The quantitative estimate of drug-likeness (QED) is 0.569. The molecule has 0 amide bonds. The fraction of sp³-hybridized carbons (Fsp3) is 0.333. The maximum absolute atomic E-state index is 5.23. The highest BCUT2D eigenvalue weighted by Crippen LogP contribution is 2.16. The fourth-order valence-corrected chi connectivity index (χ4v) is 0.964. The Kier molecular flexibility index (Phi) is 7.61. The summed E-state index contributed by atoms with van der Waals surface area (Å²) in [5.41, 5.74) is 4.88. The molecular formula is C9H17ClN2O. The number of nitrogen functional groups attached to an aromatic ring is 1. The minimum atomic E-state index is 0. The minimum Gasteiger partial charge on any atom is -0.412 e. The molecule has 0 aliphatic carbocycles. The zero-order valence-corrected chi connectivity index (χ0v) is 8.69. The minimum absolute atomic E-state index is 0. The molecule has 1 aromatic rings. The summed E-state index contributed by atoms with van der Waals surface area (Å²) in [5, 5.41) is 0. The van der Waals surface area contributed by atoms with Crippen LogP contribution >= 0.6 is 12.4 Å². The number of hydrogen-bond donors (Lipinski definition) is 2. The molecular weight excluding hydrogens is 188 g/mol. The lowest BCUT2D eigenvalue weighted by molar-refractivity contribution is 0.824. The van der Waals surface area contributed by atoms with Crippen LogP contribution in [-0.2, 0) is 0 Å². The topological polar surface area (TPSA) is 69.5 Å². The maximum Gasteiger partial charge on any atom is 0.0485 e. The van der Waals surface area contributed by atoms with Gasteiger partial charge in [-0.05, 0) is 23.6 Å². The summed E-state index contributed by atoms with van der Waals surface area (Å²) >= 11 is 0. The van der Waals surface area contributed by atoms with Gasteiger partial charge in [0, 0.05) is 5.69 Å². The number of benzene rings is 1. The predicted octanol–water partition coefficient (Wildman–Crippen LogP) is 1.69. The Morgan fingerprint density at radius 3 is 1.92 bits per heavy atom. The van der Waals surface area contributed by atoms with Crippen molar-refractivity contribution in [1.29, 1.82) is 0 Å². The second kappa shape index (κ2) is 6.71. The van der Waals surface area contributed by atoms with Gasteiger partial charge in [-0.2, -0.15) is 0 Å². The molecule has 1 rings (SSSR count). The van der Waals surface area contributed by atoms with Crippen molar-refractivity contribution in [2.75, 3.05) is 5.43 Å².